The Labute approximate surface area is 737 Å². The Balaban J connectivity index is 0.957. The molecule has 5 nitrogen and oxygen atoms in total. The molecule has 0 spiro atoms. The van der Waals surface area contributed by atoms with Gasteiger partial charge in [-0.05, 0) is 208 Å². The summed E-state index contributed by atoms with van der Waals surface area (Å²) in [6.45, 7) is 34.8. The van der Waals surface area contributed by atoms with Gasteiger partial charge in [-0.1, -0.05) is 370 Å². The van der Waals surface area contributed by atoms with Crippen LogP contribution in [0.5, 0.6) is 0 Å². The number of aromatic nitrogens is 1. The predicted octanol–water partition coefficient (Wildman–Crippen LogP) is 28.3. The molecule has 0 N–H and O–H groups in total. The van der Waals surface area contributed by atoms with Crippen LogP contribution in [-0.4, -0.2) is 18.0 Å². The fourth-order valence-electron chi connectivity index (χ4n) is 20.1. The molecule has 17 aromatic rings. The van der Waals surface area contributed by atoms with Crippen molar-refractivity contribution in [1.82, 2.24) is 4.57 Å². The number of nitrogens with zero attached hydrogens (tertiary/aromatic N) is 5. The first-order chi connectivity index (χ1) is 59.7. The van der Waals surface area contributed by atoms with Crippen molar-refractivity contribution in [1.29, 1.82) is 0 Å². The van der Waals surface area contributed by atoms with Gasteiger partial charge >= 0.3 is 0 Å². The molecule has 5 heterocycles. The molecule has 604 valence electrons. The van der Waals surface area contributed by atoms with E-state index in [0.717, 1.165) is 129 Å². The van der Waals surface area contributed by atoms with Gasteiger partial charge in [0.1, 0.15) is 0 Å². The number of rotatable bonds is 11. The summed E-state index contributed by atoms with van der Waals surface area (Å²) in [6, 6.07) is 136. The first-order valence-electron chi connectivity index (χ1n) is 44.2. The van der Waals surface area contributed by atoms with Gasteiger partial charge in [0.2, 0.25) is 6.71 Å². The first kappa shape index (κ1) is 78.3. The van der Waals surface area contributed by atoms with Crippen molar-refractivity contribution < 1.29 is 0 Å². The molecule has 0 amide bonds. The quantitative estimate of drug-likeness (QED) is 0.120. The summed E-state index contributed by atoms with van der Waals surface area (Å²) in [5, 5.41) is 2.49. The maximum absolute atomic E-state index is 2.74. The predicted molar refractivity (Wildman–Crippen MR) is 535 cm³/mol. The van der Waals surface area contributed by atoms with Crippen molar-refractivity contribution in [3.8, 4) is 50.2 Å². The molecule has 0 saturated heterocycles. The van der Waals surface area contributed by atoms with Gasteiger partial charge in [0.25, 0.3) is 6.71 Å². The summed E-state index contributed by atoms with van der Waals surface area (Å²) in [4.78, 5) is 13.2. The maximum atomic E-state index is 2.74. The monoisotopic (exact) mass is 1620 g/mol. The average molecular weight is 1620 g/mol. The van der Waals surface area contributed by atoms with E-state index in [-0.39, 0.29) is 40.5 Å². The fraction of sp³-hybridized carbons (Fsp3) is 0.172. The topological polar surface area (TPSA) is 17.9 Å². The lowest BCUT2D eigenvalue weighted by molar-refractivity contribution is 0.589. The van der Waals surface area contributed by atoms with Gasteiger partial charge in [-0.15, -0.1) is 0 Å². The number of benzene rings is 16. The van der Waals surface area contributed by atoms with E-state index in [4.69, 9.17) is 0 Å². The molecule has 0 radical (unpaired) electrons. The highest BCUT2D eigenvalue weighted by molar-refractivity contribution is 8.00. The van der Waals surface area contributed by atoms with Crippen LogP contribution >= 0.6 is 11.8 Å². The van der Waals surface area contributed by atoms with Crippen LogP contribution < -0.4 is 52.4 Å². The average Bonchev–Trinajstić information content (AvgIpc) is 0.744. The lowest BCUT2D eigenvalue weighted by Crippen LogP contribution is -2.65. The van der Waals surface area contributed by atoms with E-state index in [1.54, 1.807) is 0 Å². The molecule has 124 heavy (non-hydrogen) atoms. The second-order valence-corrected chi connectivity index (χ2v) is 40.8. The minimum atomic E-state index is -0.310. The Morgan fingerprint density at radius 2 is 0.605 bits per heavy atom. The molecule has 8 heteroatoms. The van der Waals surface area contributed by atoms with Crippen LogP contribution in [0.4, 0.5) is 68.2 Å². The van der Waals surface area contributed by atoms with Crippen molar-refractivity contribution in [3.05, 3.63) is 380 Å². The summed E-state index contributed by atoms with van der Waals surface area (Å²) >= 11 is 1.94. The van der Waals surface area contributed by atoms with E-state index in [1.165, 1.54) is 81.2 Å². The maximum Gasteiger partial charge on any atom is 0.252 e. The summed E-state index contributed by atoms with van der Waals surface area (Å²) in [5.41, 5.74) is 39.2. The van der Waals surface area contributed by atoms with Crippen LogP contribution in [0, 0.1) is 0 Å². The minimum Gasteiger partial charge on any atom is -0.311 e. The molecule has 16 aromatic carbocycles. The SMILES string of the molecule is CC(C)(C)c1ccc(N2c3cc4c(cc3B3c5ccc(C(C)(C)C)cc5N(c5c(-c6ccccc6)cccc5-c5ccccc5)c5cc(-n6c7ccc(C(C)(C)C)cc7c7cc(C(C)(C)C)ccc76)cc2c53)B2c3ccc(C(C)(C)C)cc3Sc3cc(N(c5ccccc5)c5ccccc5)cc(c32)N4c2c(-c3ccccc3)cccc2-c2ccccc2)cc1. The van der Waals surface area contributed by atoms with Crippen molar-refractivity contribution in [2.75, 3.05) is 19.6 Å². The molecule has 0 fully saturated rings. The Kier molecular flexibility index (Phi) is 18.5. The Morgan fingerprint density at radius 3 is 1.05 bits per heavy atom. The molecule has 1 aromatic heterocycles. The molecule has 0 bridgehead atoms. The number of para-hydroxylation sites is 4. The number of anilines is 12. The van der Waals surface area contributed by atoms with Gasteiger partial charge in [-0.3, -0.25) is 0 Å². The highest BCUT2D eigenvalue weighted by Gasteiger charge is 2.50. The van der Waals surface area contributed by atoms with E-state index in [1.807, 2.05) is 11.8 Å². The van der Waals surface area contributed by atoms with Crippen LogP contribution in [0.25, 0.3) is 72.0 Å². The zero-order valence-electron chi connectivity index (χ0n) is 73.8. The van der Waals surface area contributed by atoms with Crippen LogP contribution in [0.3, 0.4) is 0 Å². The number of hydrogen-bond donors (Lipinski definition) is 0. The molecule has 0 aliphatic carbocycles. The lowest BCUT2D eigenvalue weighted by atomic mass is 9.30. The smallest absolute Gasteiger partial charge is 0.252 e. The highest BCUT2D eigenvalue weighted by Crippen LogP contribution is 2.57. The van der Waals surface area contributed by atoms with Crippen LogP contribution in [0.1, 0.15) is 132 Å². The number of hydrogen-bond acceptors (Lipinski definition) is 5. The number of fused-ring (bicyclic) bond motifs is 11. The van der Waals surface area contributed by atoms with E-state index >= 15 is 0 Å². The van der Waals surface area contributed by atoms with Gasteiger partial charge in [-0.2, -0.15) is 0 Å². The molecule has 4 aliphatic heterocycles. The van der Waals surface area contributed by atoms with Crippen LogP contribution in [0.2, 0.25) is 0 Å². The van der Waals surface area contributed by atoms with Crippen molar-refractivity contribution in [3.63, 3.8) is 0 Å². The minimum absolute atomic E-state index is 0.109. The standard InChI is InChI=1S/C116H103B2N5S/c1-112(2,3)78-52-58-85(59-53-78)120-101-73-102-97(118-95-61-55-82(116(13,14)15)67-106(95)124-107-71-87(119(83-44-30-20-31-45-83)84-46-32-21-33-47-84)70-105(109(107)118)123(102)111-90(76-40-26-18-27-41-76)50-35-51-91(111)77-42-28-19-29-43-77)72-96(101)117-94-60-54-81(115(10,11)12)66-100(94)122(110-88(74-36-22-16-23-37-74)48-34-49-89(110)75-38-24-17-25-39-75)104-69-86(68-103(120)108(104)117)121-98-62-56-79(113(4,5)6)64-92(98)93-65-80(114(7,8)9)57-63-99(93)121/h16-73H,1-15H3. The Hall–Kier alpha value is -13.0. The molecular formula is C116H103B2N5S. The van der Waals surface area contributed by atoms with Gasteiger partial charge < -0.3 is 24.2 Å². The second kappa shape index (κ2) is 29.4. The summed E-state index contributed by atoms with van der Waals surface area (Å²) in [6.07, 6.45) is 0. The highest BCUT2D eigenvalue weighted by atomic mass is 32.2. The first-order valence-corrected chi connectivity index (χ1v) is 45.0. The molecule has 0 unspecified atom stereocenters. The zero-order valence-corrected chi connectivity index (χ0v) is 74.6. The van der Waals surface area contributed by atoms with Crippen LogP contribution in [-0.2, 0) is 27.1 Å². The van der Waals surface area contributed by atoms with Crippen molar-refractivity contribution in [2.45, 2.75) is 141 Å². The van der Waals surface area contributed by atoms with Gasteiger partial charge in [-0.25, -0.2) is 0 Å². The molecular weight excluding hydrogens is 1520 g/mol. The van der Waals surface area contributed by atoms with Gasteiger partial charge in [0.05, 0.1) is 28.1 Å². The van der Waals surface area contributed by atoms with E-state index in [2.05, 4.69) is 480 Å². The third-order valence-corrected chi connectivity index (χ3v) is 27.7. The van der Waals surface area contributed by atoms with E-state index < -0.39 is 0 Å². The fourth-order valence-corrected chi connectivity index (χ4v) is 21.3. The van der Waals surface area contributed by atoms with E-state index in [9.17, 15) is 0 Å². The molecule has 21 rings (SSSR count). The third-order valence-electron chi connectivity index (χ3n) is 26.6. The summed E-state index contributed by atoms with van der Waals surface area (Å²) in [5.74, 6) is 0. The van der Waals surface area contributed by atoms with Crippen LogP contribution in [0.15, 0.2) is 362 Å². The van der Waals surface area contributed by atoms with Gasteiger partial charge in [0, 0.05) is 99.7 Å². The largest absolute Gasteiger partial charge is 0.311 e. The van der Waals surface area contributed by atoms with Crippen molar-refractivity contribution in [2.24, 2.45) is 0 Å². The normalized spacial score (nSPS) is 13.5. The zero-order chi connectivity index (χ0) is 85.2. The Bertz CT molecular complexity index is 6860. The van der Waals surface area contributed by atoms with Crippen molar-refractivity contribution >= 4 is 148 Å². The summed E-state index contributed by atoms with van der Waals surface area (Å²) in [7, 11) is 0. The van der Waals surface area contributed by atoms with Gasteiger partial charge in [0.15, 0.2) is 0 Å². The lowest BCUT2D eigenvalue weighted by Gasteiger charge is -2.47. The Morgan fingerprint density at radius 1 is 0.242 bits per heavy atom. The third kappa shape index (κ3) is 13.1. The molecule has 0 saturated carbocycles. The molecule has 0 atom stereocenters. The molecule has 4 aliphatic rings. The summed E-state index contributed by atoms with van der Waals surface area (Å²) < 4.78 is 2.62. The second-order valence-electron chi connectivity index (χ2n) is 39.7. The van der Waals surface area contributed by atoms with E-state index in [0.29, 0.717) is 0 Å².